The first-order valence-corrected chi connectivity index (χ1v) is 8.71. The molecule has 1 saturated heterocycles. The minimum Gasteiger partial charge on any atom is -0.336 e. The van der Waals surface area contributed by atoms with Crippen LogP contribution in [-0.4, -0.2) is 48.6 Å². The number of pyridine rings is 1. The van der Waals surface area contributed by atoms with Gasteiger partial charge in [-0.25, -0.2) is 4.98 Å². The van der Waals surface area contributed by atoms with Gasteiger partial charge in [-0.1, -0.05) is 18.2 Å². The maximum absolute atomic E-state index is 13.0. The van der Waals surface area contributed by atoms with Crippen molar-refractivity contribution in [3.63, 3.8) is 0 Å². The molecule has 1 aliphatic heterocycles. The van der Waals surface area contributed by atoms with Crippen molar-refractivity contribution < 1.29 is 4.79 Å². The van der Waals surface area contributed by atoms with Gasteiger partial charge in [-0.2, -0.15) is 5.10 Å². The van der Waals surface area contributed by atoms with Gasteiger partial charge < -0.3 is 9.47 Å². The second-order valence-corrected chi connectivity index (χ2v) is 6.75. The Kier molecular flexibility index (Phi) is 3.28. The Morgan fingerprint density at radius 2 is 2.15 bits per heavy atom. The Morgan fingerprint density at radius 1 is 1.27 bits per heavy atom. The molecule has 5 rings (SSSR count). The monoisotopic (exact) mass is 346 g/mol. The van der Waals surface area contributed by atoms with Crippen LogP contribution in [0.5, 0.6) is 0 Å². The average Bonchev–Trinajstić information content (AvgIpc) is 3.38. The summed E-state index contributed by atoms with van der Waals surface area (Å²) >= 11 is 0. The maximum Gasteiger partial charge on any atom is 0.275 e. The van der Waals surface area contributed by atoms with Gasteiger partial charge in [0.25, 0.3) is 5.91 Å². The predicted octanol–water partition coefficient (Wildman–Crippen LogP) is 2.47. The third-order valence-corrected chi connectivity index (χ3v) is 5.23. The van der Waals surface area contributed by atoms with E-state index in [0.29, 0.717) is 18.8 Å². The lowest BCUT2D eigenvalue weighted by Gasteiger charge is -2.15. The molecule has 26 heavy (non-hydrogen) atoms. The number of hydrogen-bond donors (Lipinski definition) is 1. The van der Waals surface area contributed by atoms with Crippen molar-refractivity contribution in [2.75, 3.05) is 13.1 Å². The Morgan fingerprint density at radius 3 is 3.04 bits per heavy atom. The van der Waals surface area contributed by atoms with Gasteiger partial charge in [0, 0.05) is 37.6 Å². The Labute approximate surface area is 149 Å². The molecule has 4 aromatic rings. The number of carbonyl (C=O) groups excluding carboxylic acids is 1. The van der Waals surface area contributed by atoms with E-state index in [4.69, 9.17) is 4.98 Å². The first kappa shape index (κ1) is 15.1. The minimum absolute atomic E-state index is 0.0228. The van der Waals surface area contributed by atoms with Gasteiger partial charge in [-0.15, -0.1) is 0 Å². The van der Waals surface area contributed by atoms with Crippen LogP contribution in [0, 0.1) is 0 Å². The van der Waals surface area contributed by atoms with Crippen LogP contribution in [0.15, 0.2) is 42.7 Å². The number of imidazole rings is 1. The molecule has 7 nitrogen and oxygen atoms in total. The van der Waals surface area contributed by atoms with Crippen LogP contribution < -0.4 is 0 Å². The topological polar surface area (TPSA) is 79.7 Å². The number of aromatic nitrogens is 5. The van der Waals surface area contributed by atoms with Gasteiger partial charge >= 0.3 is 0 Å². The summed E-state index contributed by atoms with van der Waals surface area (Å²) in [5.74, 6) is 1.21. The number of hydrogen-bond acceptors (Lipinski definition) is 4. The standard InChI is InChI=1S/C19H18N6O/c1-24-16-10-20-8-6-15(16)21-18(24)12-7-9-25(11-12)19(26)17-13-4-2-3-5-14(13)22-23-17/h2-6,8,10,12H,7,9,11H2,1H3,(H,22,23)/t12-/m0/s1. The smallest absolute Gasteiger partial charge is 0.275 e. The minimum atomic E-state index is -0.0228. The fourth-order valence-corrected chi connectivity index (χ4v) is 3.85. The van der Waals surface area contributed by atoms with Gasteiger partial charge in [-0.05, 0) is 18.6 Å². The highest BCUT2D eigenvalue weighted by atomic mass is 16.2. The molecule has 1 fully saturated rings. The lowest BCUT2D eigenvalue weighted by atomic mass is 10.1. The van der Waals surface area contributed by atoms with E-state index in [1.807, 2.05) is 48.5 Å². The zero-order valence-electron chi connectivity index (χ0n) is 14.4. The summed E-state index contributed by atoms with van der Waals surface area (Å²) in [6.07, 6.45) is 4.49. The largest absolute Gasteiger partial charge is 0.336 e. The molecule has 1 atom stereocenters. The highest BCUT2D eigenvalue weighted by molar-refractivity contribution is 6.04. The van der Waals surface area contributed by atoms with Crippen molar-refractivity contribution in [1.29, 1.82) is 0 Å². The van der Waals surface area contributed by atoms with Crippen LogP contribution in [0.4, 0.5) is 0 Å². The van der Waals surface area contributed by atoms with E-state index in [2.05, 4.69) is 19.7 Å². The van der Waals surface area contributed by atoms with Crippen LogP contribution in [0.2, 0.25) is 0 Å². The molecule has 1 amide bonds. The van der Waals surface area contributed by atoms with Crippen molar-refractivity contribution >= 4 is 27.8 Å². The molecule has 0 aliphatic carbocycles. The molecule has 130 valence electrons. The van der Waals surface area contributed by atoms with Crippen molar-refractivity contribution in [2.24, 2.45) is 7.05 Å². The van der Waals surface area contributed by atoms with Crippen LogP contribution >= 0.6 is 0 Å². The third-order valence-electron chi connectivity index (χ3n) is 5.23. The second-order valence-electron chi connectivity index (χ2n) is 6.75. The number of fused-ring (bicyclic) bond motifs is 2. The van der Waals surface area contributed by atoms with Crippen LogP contribution in [-0.2, 0) is 7.05 Å². The summed E-state index contributed by atoms with van der Waals surface area (Å²) < 4.78 is 2.09. The highest BCUT2D eigenvalue weighted by Gasteiger charge is 2.32. The second kappa shape index (κ2) is 5.66. The summed E-state index contributed by atoms with van der Waals surface area (Å²) in [4.78, 5) is 23.8. The number of para-hydroxylation sites is 1. The number of amides is 1. The number of aryl methyl sites for hydroxylation is 1. The number of H-pyrrole nitrogens is 1. The summed E-state index contributed by atoms with van der Waals surface area (Å²) in [7, 11) is 2.01. The lowest BCUT2D eigenvalue weighted by molar-refractivity contribution is 0.0786. The fraction of sp³-hybridized carbons (Fsp3) is 0.263. The first-order chi connectivity index (χ1) is 12.7. The summed E-state index contributed by atoms with van der Waals surface area (Å²) in [6, 6.07) is 9.64. The van der Waals surface area contributed by atoms with Crippen LogP contribution in [0.1, 0.15) is 28.7 Å². The fourth-order valence-electron chi connectivity index (χ4n) is 3.85. The van der Waals surface area contributed by atoms with Crippen LogP contribution in [0.25, 0.3) is 21.9 Å². The van der Waals surface area contributed by atoms with E-state index < -0.39 is 0 Å². The van der Waals surface area contributed by atoms with Gasteiger partial charge in [0.05, 0.1) is 22.7 Å². The molecular formula is C19H18N6O. The normalized spacial score (nSPS) is 17.4. The Hall–Kier alpha value is -3.22. The summed E-state index contributed by atoms with van der Waals surface area (Å²) in [6.45, 7) is 1.37. The molecule has 0 saturated carbocycles. The van der Waals surface area contributed by atoms with E-state index in [1.54, 1.807) is 6.20 Å². The third kappa shape index (κ3) is 2.20. The maximum atomic E-state index is 13.0. The van der Waals surface area contributed by atoms with E-state index >= 15 is 0 Å². The Bertz CT molecular complexity index is 1130. The van der Waals surface area contributed by atoms with E-state index in [0.717, 1.165) is 34.2 Å². The molecular weight excluding hydrogens is 328 g/mol. The number of nitrogens with zero attached hydrogens (tertiary/aromatic N) is 5. The number of nitrogens with one attached hydrogen (secondary N) is 1. The molecule has 1 aliphatic rings. The van der Waals surface area contributed by atoms with Gasteiger partial charge in [0.1, 0.15) is 5.82 Å². The van der Waals surface area contributed by atoms with E-state index in [9.17, 15) is 4.79 Å². The van der Waals surface area contributed by atoms with Crippen molar-refractivity contribution in [1.82, 2.24) is 29.6 Å². The summed E-state index contributed by atoms with van der Waals surface area (Å²) in [5.41, 5.74) is 3.34. The van der Waals surface area contributed by atoms with Gasteiger partial charge in [0.15, 0.2) is 5.69 Å². The predicted molar refractivity (Wildman–Crippen MR) is 97.9 cm³/mol. The zero-order valence-corrected chi connectivity index (χ0v) is 14.4. The number of carbonyl (C=O) groups is 1. The molecule has 7 heteroatoms. The van der Waals surface area contributed by atoms with Crippen molar-refractivity contribution in [3.05, 3.63) is 54.2 Å². The number of aromatic amines is 1. The SMILES string of the molecule is Cn1c([C@H]2CCN(C(=O)c3n[nH]c4ccccc34)C2)nc2ccncc21. The number of rotatable bonds is 2. The summed E-state index contributed by atoms with van der Waals surface area (Å²) in [5, 5.41) is 8.06. The van der Waals surface area contributed by atoms with Crippen LogP contribution in [0.3, 0.4) is 0 Å². The van der Waals surface area contributed by atoms with E-state index in [1.165, 1.54) is 0 Å². The van der Waals surface area contributed by atoms with Crippen molar-refractivity contribution in [2.45, 2.75) is 12.3 Å². The van der Waals surface area contributed by atoms with Crippen molar-refractivity contribution in [3.8, 4) is 0 Å². The molecule has 0 bridgehead atoms. The molecule has 3 aromatic heterocycles. The highest BCUT2D eigenvalue weighted by Crippen LogP contribution is 2.30. The number of benzene rings is 1. The molecule has 4 heterocycles. The van der Waals surface area contributed by atoms with Gasteiger partial charge in [-0.3, -0.25) is 14.9 Å². The molecule has 0 unspecified atom stereocenters. The average molecular weight is 346 g/mol. The Balaban J connectivity index is 1.43. The molecule has 1 aromatic carbocycles. The number of likely N-dealkylation sites (tertiary alicyclic amines) is 1. The lowest BCUT2D eigenvalue weighted by Crippen LogP contribution is -2.29. The molecule has 0 spiro atoms. The quantitative estimate of drug-likeness (QED) is 0.605. The van der Waals surface area contributed by atoms with E-state index in [-0.39, 0.29) is 11.8 Å². The molecule has 1 N–H and O–H groups in total. The molecule has 0 radical (unpaired) electrons. The zero-order chi connectivity index (χ0) is 17.7. The first-order valence-electron chi connectivity index (χ1n) is 8.71. The van der Waals surface area contributed by atoms with Gasteiger partial charge in [0.2, 0.25) is 0 Å².